The maximum absolute atomic E-state index is 12.2. The third-order valence-electron chi connectivity index (χ3n) is 3.40. The number of carbonyl (C=O) groups excluding carboxylic acids is 2. The lowest BCUT2D eigenvalue weighted by Gasteiger charge is -2.11. The summed E-state index contributed by atoms with van der Waals surface area (Å²) >= 11 is 3.38. The average molecular weight is 405 g/mol. The van der Waals surface area contributed by atoms with Gasteiger partial charge < -0.3 is 4.74 Å². The number of hydrogen-bond acceptors (Lipinski definition) is 3. The van der Waals surface area contributed by atoms with Gasteiger partial charge in [-0.3, -0.25) is 20.4 Å². The zero-order valence-electron chi connectivity index (χ0n) is 14.4. The predicted octanol–water partition coefficient (Wildman–Crippen LogP) is 3.87. The highest BCUT2D eigenvalue weighted by atomic mass is 79.9. The van der Waals surface area contributed by atoms with Gasteiger partial charge in [-0.25, -0.2) is 0 Å². The molecule has 0 aliphatic rings. The molecule has 2 aromatic rings. The van der Waals surface area contributed by atoms with E-state index < -0.39 is 5.91 Å². The van der Waals surface area contributed by atoms with Crippen molar-refractivity contribution >= 4 is 27.7 Å². The molecule has 0 heterocycles. The molecule has 0 aliphatic heterocycles. The number of benzene rings is 2. The molecule has 25 heavy (non-hydrogen) atoms. The second-order valence-electron chi connectivity index (χ2n) is 6.10. The highest BCUT2D eigenvalue weighted by Gasteiger charge is 2.11. The van der Waals surface area contributed by atoms with E-state index in [4.69, 9.17) is 4.74 Å². The summed E-state index contributed by atoms with van der Waals surface area (Å²) in [6.45, 7) is 6.61. The van der Waals surface area contributed by atoms with Gasteiger partial charge in [0.05, 0.1) is 6.61 Å². The lowest BCUT2D eigenvalue weighted by molar-refractivity contribution is 0.0846. The second kappa shape index (κ2) is 8.67. The molecular weight excluding hydrogens is 384 g/mol. The first-order valence-electron chi connectivity index (χ1n) is 7.96. The lowest BCUT2D eigenvalue weighted by Crippen LogP contribution is -2.41. The SMILES string of the molecule is Cc1ccc(C(=O)NNC(=O)c2cccc(OCC(C)C)c2)cc1Br. The Hall–Kier alpha value is -2.34. The van der Waals surface area contributed by atoms with Gasteiger partial charge in [0, 0.05) is 15.6 Å². The van der Waals surface area contributed by atoms with Crippen LogP contribution < -0.4 is 15.6 Å². The molecule has 132 valence electrons. The summed E-state index contributed by atoms with van der Waals surface area (Å²) in [5.41, 5.74) is 6.71. The van der Waals surface area contributed by atoms with E-state index in [9.17, 15) is 9.59 Å². The highest BCUT2D eigenvalue weighted by Crippen LogP contribution is 2.17. The summed E-state index contributed by atoms with van der Waals surface area (Å²) in [6, 6.07) is 12.1. The molecule has 5 nitrogen and oxygen atoms in total. The van der Waals surface area contributed by atoms with E-state index in [1.807, 2.05) is 13.0 Å². The molecule has 2 amide bonds. The minimum absolute atomic E-state index is 0.388. The van der Waals surface area contributed by atoms with E-state index in [0.717, 1.165) is 10.0 Å². The van der Waals surface area contributed by atoms with Crippen molar-refractivity contribution in [3.8, 4) is 5.75 Å². The van der Waals surface area contributed by atoms with Gasteiger partial charge in [-0.2, -0.15) is 0 Å². The van der Waals surface area contributed by atoms with Crippen molar-refractivity contribution in [1.29, 1.82) is 0 Å². The molecule has 0 unspecified atom stereocenters. The van der Waals surface area contributed by atoms with E-state index in [2.05, 4.69) is 40.6 Å². The molecule has 0 aromatic heterocycles. The van der Waals surface area contributed by atoms with Crippen molar-refractivity contribution in [2.75, 3.05) is 6.61 Å². The minimum atomic E-state index is -0.408. The molecule has 2 rings (SSSR count). The third-order valence-corrected chi connectivity index (χ3v) is 4.26. The summed E-state index contributed by atoms with van der Waals surface area (Å²) in [7, 11) is 0. The first kappa shape index (κ1) is 19.0. The largest absolute Gasteiger partial charge is 0.493 e. The number of hydrazine groups is 1. The molecule has 0 radical (unpaired) electrons. The molecule has 0 bridgehead atoms. The van der Waals surface area contributed by atoms with Gasteiger partial charge in [0.2, 0.25) is 0 Å². The highest BCUT2D eigenvalue weighted by molar-refractivity contribution is 9.10. The molecule has 6 heteroatoms. The summed E-state index contributed by atoms with van der Waals surface area (Å²) in [4.78, 5) is 24.3. The van der Waals surface area contributed by atoms with E-state index in [1.54, 1.807) is 36.4 Å². The van der Waals surface area contributed by atoms with Crippen molar-refractivity contribution in [1.82, 2.24) is 10.9 Å². The fraction of sp³-hybridized carbons (Fsp3) is 0.263. The van der Waals surface area contributed by atoms with Crippen molar-refractivity contribution in [3.63, 3.8) is 0 Å². The Morgan fingerprint density at radius 3 is 2.28 bits per heavy atom. The number of nitrogens with one attached hydrogen (secondary N) is 2. The third kappa shape index (κ3) is 5.60. The van der Waals surface area contributed by atoms with Crippen LogP contribution in [0.5, 0.6) is 5.75 Å². The van der Waals surface area contributed by atoms with Gasteiger partial charge >= 0.3 is 0 Å². The molecule has 0 saturated carbocycles. The van der Waals surface area contributed by atoms with E-state index >= 15 is 0 Å². The second-order valence-corrected chi connectivity index (χ2v) is 6.96. The lowest BCUT2D eigenvalue weighted by atomic mass is 10.1. The molecule has 2 aromatic carbocycles. The van der Waals surface area contributed by atoms with E-state index in [-0.39, 0.29) is 5.91 Å². The van der Waals surface area contributed by atoms with Crippen molar-refractivity contribution in [2.24, 2.45) is 5.92 Å². The summed E-state index contributed by atoms with van der Waals surface area (Å²) in [5.74, 6) is 0.219. The molecule has 0 fully saturated rings. The topological polar surface area (TPSA) is 67.4 Å². The normalized spacial score (nSPS) is 10.4. The van der Waals surface area contributed by atoms with Crippen LogP contribution in [0.25, 0.3) is 0 Å². The first-order chi connectivity index (χ1) is 11.9. The van der Waals surface area contributed by atoms with Gasteiger partial charge in [-0.15, -0.1) is 0 Å². The smallest absolute Gasteiger partial charge is 0.269 e. The van der Waals surface area contributed by atoms with Gasteiger partial charge in [-0.05, 0) is 48.7 Å². The number of amides is 2. The number of ether oxygens (including phenoxy) is 1. The molecule has 0 spiro atoms. The number of aryl methyl sites for hydroxylation is 1. The van der Waals surface area contributed by atoms with Crippen molar-refractivity contribution in [3.05, 3.63) is 63.6 Å². The summed E-state index contributed by atoms with van der Waals surface area (Å²) in [5, 5.41) is 0. The van der Waals surface area contributed by atoms with Gasteiger partial charge in [0.25, 0.3) is 11.8 Å². The monoisotopic (exact) mass is 404 g/mol. The van der Waals surface area contributed by atoms with Crippen LogP contribution in [0, 0.1) is 12.8 Å². The number of halogens is 1. The molecule has 0 atom stereocenters. The van der Waals surface area contributed by atoms with Gasteiger partial charge in [-0.1, -0.05) is 41.9 Å². The Balaban J connectivity index is 1.96. The van der Waals surface area contributed by atoms with Crippen LogP contribution in [-0.2, 0) is 0 Å². The maximum Gasteiger partial charge on any atom is 0.269 e. The van der Waals surface area contributed by atoms with Crippen LogP contribution in [0.15, 0.2) is 46.9 Å². The Kier molecular flexibility index (Phi) is 6.58. The van der Waals surface area contributed by atoms with Crippen LogP contribution >= 0.6 is 15.9 Å². The zero-order chi connectivity index (χ0) is 18.4. The summed E-state index contributed by atoms with van der Waals surface area (Å²) < 4.78 is 6.44. The van der Waals surface area contributed by atoms with Crippen LogP contribution in [0.1, 0.15) is 40.1 Å². The van der Waals surface area contributed by atoms with Crippen LogP contribution in [0.3, 0.4) is 0 Å². The maximum atomic E-state index is 12.2. The first-order valence-corrected chi connectivity index (χ1v) is 8.76. The minimum Gasteiger partial charge on any atom is -0.493 e. The van der Waals surface area contributed by atoms with Gasteiger partial charge in [0.1, 0.15) is 5.75 Å². The Bertz CT molecular complexity index is 775. The number of rotatable bonds is 5. The van der Waals surface area contributed by atoms with E-state index in [0.29, 0.717) is 29.4 Å². The van der Waals surface area contributed by atoms with Crippen molar-refractivity contribution < 1.29 is 14.3 Å². The Labute approximate surface area is 155 Å². The Morgan fingerprint density at radius 1 is 1.04 bits per heavy atom. The quantitative estimate of drug-likeness (QED) is 0.743. The number of carbonyl (C=O) groups is 2. The summed E-state index contributed by atoms with van der Waals surface area (Å²) in [6.07, 6.45) is 0. The fourth-order valence-corrected chi connectivity index (χ4v) is 2.36. The van der Waals surface area contributed by atoms with Crippen LogP contribution in [-0.4, -0.2) is 18.4 Å². The Morgan fingerprint density at radius 2 is 1.68 bits per heavy atom. The molecular formula is C19H21BrN2O3. The molecule has 2 N–H and O–H groups in total. The van der Waals surface area contributed by atoms with Gasteiger partial charge in [0.15, 0.2) is 0 Å². The number of hydrogen-bond donors (Lipinski definition) is 2. The average Bonchev–Trinajstić information content (AvgIpc) is 2.60. The standard InChI is InChI=1S/C19H21BrN2O3/c1-12(2)11-25-16-6-4-5-14(9-16)18(23)21-22-19(24)15-8-7-13(3)17(20)10-15/h4-10,12H,11H2,1-3H3,(H,21,23)(H,22,24). The van der Waals surface area contributed by atoms with E-state index in [1.165, 1.54) is 0 Å². The molecule has 0 saturated heterocycles. The van der Waals surface area contributed by atoms with Crippen LogP contribution in [0.2, 0.25) is 0 Å². The zero-order valence-corrected chi connectivity index (χ0v) is 16.0. The fourth-order valence-electron chi connectivity index (χ4n) is 1.98. The van der Waals surface area contributed by atoms with Crippen LogP contribution in [0.4, 0.5) is 0 Å². The van der Waals surface area contributed by atoms with Crippen molar-refractivity contribution in [2.45, 2.75) is 20.8 Å². The molecule has 0 aliphatic carbocycles. The predicted molar refractivity (Wildman–Crippen MR) is 101 cm³/mol.